The molecule has 1 heterocycles. The van der Waals surface area contributed by atoms with E-state index in [-0.39, 0.29) is 6.10 Å². The molecule has 0 bridgehead atoms. The standard InChI is InChI=1S/C14H28N2O/c1-11-5-4-6-12(9-11)14(17)13-10-15(2)7-8-16(13)3/h11-14,17H,4-10H2,1-3H3. The topological polar surface area (TPSA) is 26.7 Å². The molecule has 0 aromatic heterocycles. The van der Waals surface area contributed by atoms with Gasteiger partial charge in [0.2, 0.25) is 0 Å². The van der Waals surface area contributed by atoms with Gasteiger partial charge in [-0.2, -0.15) is 0 Å². The van der Waals surface area contributed by atoms with Crippen LogP contribution in [0.15, 0.2) is 0 Å². The average molecular weight is 240 g/mol. The zero-order chi connectivity index (χ0) is 12.4. The van der Waals surface area contributed by atoms with Crippen molar-refractivity contribution < 1.29 is 5.11 Å². The minimum Gasteiger partial charge on any atom is -0.391 e. The third-order valence-electron chi connectivity index (χ3n) is 4.75. The fourth-order valence-corrected chi connectivity index (χ4v) is 3.52. The summed E-state index contributed by atoms with van der Waals surface area (Å²) in [6.07, 6.45) is 4.96. The SMILES string of the molecule is CC1CCCC(C(O)C2CN(C)CCN2C)C1. The molecule has 0 aromatic carbocycles. The van der Waals surface area contributed by atoms with E-state index < -0.39 is 0 Å². The second-order valence-corrected chi connectivity index (χ2v) is 6.33. The Morgan fingerprint density at radius 1 is 1.18 bits per heavy atom. The van der Waals surface area contributed by atoms with E-state index in [2.05, 4.69) is 30.8 Å². The number of piperazine rings is 1. The smallest absolute Gasteiger partial charge is 0.0735 e. The quantitative estimate of drug-likeness (QED) is 0.791. The molecule has 2 fully saturated rings. The van der Waals surface area contributed by atoms with Gasteiger partial charge in [-0.3, -0.25) is 4.90 Å². The van der Waals surface area contributed by atoms with Gasteiger partial charge in [0.05, 0.1) is 6.10 Å². The van der Waals surface area contributed by atoms with Crippen LogP contribution in [0.4, 0.5) is 0 Å². The number of aliphatic hydroxyl groups excluding tert-OH is 1. The molecule has 0 aromatic rings. The number of likely N-dealkylation sites (N-methyl/N-ethyl adjacent to an activating group) is 2. The molecular formula is C14H28N2O. The fourth-order valence-electron chi connectivity index (χ4n) is 3.52. The van der Waals surface area contributed by atoms with Crippen LogP contribution in [0.25, 0.3) is 0 Å². The maximum Gasteiger partial charge on any atom is 0.0735 e. The molecule has 1 saturated heterocycles. The van der Waals surface area contributed by atoms with Crippen molar-refractivity contribution in [1.82, 2.24) is 9.80 Å². The van der Waals surface area contributed by atoms with Gasteiger partial charge in [0.25, 0.3) is 0 Å². The van der Waals surface area contributed by atoms with E-state index in [1.165, 1.54) is 25.7 Å². The van der Waals surface area contributed by atoms with Gasteiger partial charge in [0, 0.05) is 25.7 Å². The molecule has 3 nitrogen and oxygen atoms in total. The molecule has 0 radical (unpaired) electrons. The highest BCUT2D eigenvalue weighted by molar-refractivity contribution is 4.89. The summed E-state index contributed by atoms with van der Waals surface area (Å²) in [5.74, 6) is 1.33. The van der Waals surface area contributed by atoms with Crippen LogP contribution in [0.1, 0.15) is 32.6 Å². The van der Waals surface area contributed by atoms with Crippen LogP contribution in [0.5, 0.6) is 0 Å². The summed E-state index contributed by atoms with van der Waals surface area (Å²) < 4.78 is 0. The molecule has 1 N–H and O–H groups in total. The van der Waals surface area contributed by atoms with Gasteiger partial charge in [-0.15, -0.1) is 0 Å². The number of hydrogen-bond acceptors (Lipinski definition) is 3. The van der Waals surface area contributed by atoms with Crippen molar-refractivity contribution in [2.75, 3.05) is 33.7 Å². The molecule has 2 rings (SSSR count). The van der Waals surface area contributed by atoms with Gasteiger partial charge in [-0.1, -0.05) is 19.8 Å². The summed E-state index contributed by atoms with van der Waals surface area (Å²) in [7, 11) is 4.32. The van der Waals surface area contributed by atoms with E-state index in [9.17, 15) is 5.11 Å². The summed E-state index contributed by atoms with van der Waals surface area (Å²) >= 11 is 0. The van der Waals surface area contributed by atoms with Gasteiger partial charge in [0.15, 0.2) is 0 Å². The van der Waals surface area contributed by atoms with E-state index in [4.69, 9.17) is 0 Å². The fraction of sp³-hybridized carbons (Fsp3) is 1.00. The maximum atomic E-state index is 10.6. The van der Waals surface area contributed by atoms with Crippen LogP contribution in [-0.2, 0) is 0 Å². The molecule has 100 valence electrons. The Morgan fingerprint density at radius 3 is 2.65 bits per heavy atom. The average Bonchev–Trinajstić information content (AvgIpc) is 2.31. The molecule has 17 heavy (non-hydrogen) atoms. The van der Waals surface area contributed by atoms with E-state index in [0.717, 1.165) is 25.6 Å². The highest BCUT2D eigenvalue weighted by atomic mass is 16.3. The Labute approximate surface area is 106 Å². The van der Waals surface area contributed by atoms with Crippen LogP contribution in [0, 0.1) is 11.8 Å². The molecule has 0 spiro atoms. The molecule has 2 aliphatic rings. The maximum absolute atomic E-state index is 10.6. The first-order valence-electron chi connectivity index (χ1n) is 7.14. The van der Waals surface area contributed by atoms with Crippen molar-refractivity contribution in [1.29, 1.82) is 0 Å². The van der Waals surface area contributed by atoms with E-state index in [1.54, 1.807) is 0 Å². The first-order chi connectivity index (χ1) is 8.08. The second kappa shape index (κ2) is 5.68. The number of aliphatic hydroxyl groups is 1. The van der Waals surface area contributed by atoms with Gasteiger partial charge in [-0.05, 0) is 38.8 Å². The summed E-state index contributed by atoms with van der Waals surface area (Å²) in [5.41, 5.74) is 0. The van der Waals surface area contributed by atoms with Crippen LogP contribution < -0.4 is 0 Å². The molecule has 0 amide bonds. The molecule has 1 aliphatic heterocycles. The van der Waals surface area contributed by atoms with Crippen molar-refractivity contribution in [2.45, 2.75) is 44.8 Å². The van der Waals surface area contributed by atoms with Gasteiger partial charge in [-0.25, -0.2) is 0 Å². The zero-order valence-corrected chi connectivity index (χ0v) is 11.6. The predicted octanol–water partition coefficient (Wildman–Crippen LogP) is 1.42. The van der Waals surface area contributed by atoms with Crippen molar-refractivity contribution in [2.24, 2.45) is 11.8 Å². The van der Waals surface area contributed by atoms with Crippen LogP contribution in [0.3, 0.4) is 0 Å². The van der Waals surface area contributed by atoms with E-state index in [1.807, 2.05) is 0 Å². The number of rotatable bonds is 2. The molecule has 1 aliphatic carbocycles. The van der Waals surface area contributed by atoms with Crippen LogP contribution in [-0.4, -0.2) is 60.8 Å². The Balaban J connectivity index is 1.95. The molecule has 3 heteroatoms. The van der Waals surface area contributed by atoms with E-state index in [0.29, 0.717) is 12.0 Å². The van der Waals surface area contributed by atoms with Crippen LogP contribution in [0.2, 0.25) is 0 Å². The van der Waals surface area contributed by atoms with E-state index >= 15 is 0 Å². The summed E-state index contributed by atoms with van der Waals surface area (Å²) in [6, 6.07) is 0.337. The van der Waals surface area contributed by atoms with Crippen molar-refractivity contribution in [3.05, 3.63) is 0 Å². The third kappa shape index (κ3) is 3.21. The summed E-state index contributed by atoms with van der Waals surface area (Å²) in [6.45, 7) is 5.55. The monoisotopic (exact) mass is 240 g/mol. The van der Waals surface area contributed by atoms with Gasteiger partial charge in [0.1, 0.15) is 0 Å². The Kier molecular flexibility index (Phi) is 4.45. The molecule has 4 unspecified atom stereocenters. The zero-order valence-electron chi connectivity index (χ0n) is 11.6. The summed E-state index contributed by atoms with van der Waals surface area (Å²) in [4.78, 5) is 4.70. The van der Waals surface area contributed by atoms with Gasteiger partial charge < -0.3 is 10.0 Å². The predicted molar refractivity (Wildman–Crippen MR) is 71.0 cm³/mol. The van der Waals surface area contributed by atoms with Crippen molar-refractivity contribution in [3.8, 4) is 0 Å². The molecule has 4 atom stereocenters. The Bertz CT molecular complexity index is 246. The van der Waals surface area contributed by atoms with Crippen LogP contribution >= 0.6 is 0 Å². The lowest BCUT2D eigenvalue weighted by molar-refractivity contribution is -0.0290. The van der Waals surface area contributed by atoms with Crippen molar-refractivity contribution in [3.63, 3.8) is 0 Å². The molecule has 1 saturated carbocycles. The Hall–Kier alpha value is -0.120. The Morgan fingerprint density at radius 2 is 1.94 bits per heavy atom. The molecular weight excluding hydrogens is 212 g/mol. The number of hydrogen-bond donors (Lipinski definition) is 1. The first-order valence-corrected chi connectivity index (χ1v) is 7.14. The van der Waals surface area contributed by atoms with Gasteiger partial charge >= 0.3 is 0 Å². The minimum absolute atomic E-state index is 0.134. The summed E-state index contributed by atoms with van der Waals surface area (Å²) in [5, 5.41) is 10.6. The highest BCUT2D eigenvalue weighted by Crippen LogP contribution is 2.33. The lowest BCUT2D eigenvalue weighted by Gasteiger charge is -2.43. The lowest BCUT2D eigenvalue weighted by atomic mass is 9.77. The second-order valence-electron chi connectivity index (χ2n) is 6.33. The lowest BCUT2D eigenvalue weighted by Crippen LogP contribution is -2.57. The number of nitrogens with zero attached hydrogens (tertiary/aromatic N) is 2. The highest BCUT2D eigenvalue weighted by Gasteiger charge is 2.35. The van der Waals surface area contributed by atoms with Crippen molar-refractivity contribution >= 4 is 0 Å². The largest absolute Gasteiger partial charge is 0.391 e. The minimum atomic E-state index is -0.134. The normalized spacial score (nSPS) is 39.2. The first kappa shape index (κ1) is 13.3. The third-order valence-corrected chi connectivity index (χ3v) is 4.75.